The van der Waals surface area contributed by atoms with E-state index in [4.69, 9.17) is 5.73 Å². The van der Waals surface area contributed by atoms with Crippen molar-refractivity contribution in [1.29, 1.82) is 0 Å². The first-order valence-electron chi connectivity index (χ1n) is 3.07. The minimum atomic E-state index is -0.313. The molecule has 0 aliphatic carbocycles. The van der Waals surface area contributed by atoms with Crippen molar-refractivity contribution in [3.8, 4) is 0 Å². The van der Waals surface area contributed by atoms with Crippen molar-refractivity contribution in [1.82, 2.24) is 14.3 Å². The Morgan fingerprint density at radius 2 is 2.33 bits per heavy atom. The van der Waals surface area contributed by atoms with Crippen molar-refractivity contribution >= 4 is 29.1 Å². The first-order chi connectivity index (χ1) is 5.57. The molecule has 1 rings (SSSR count). The lowest BCUT2D eigenvalue weighted by Gasteiger charge is -1.89. The zero-order valence-electron chi connectivity index (χ0n) is 6.64. The molecule has 2 N–H and O–H groups in total. The lowest BCUT2D eigenvalue weighted by Crippen LogP contribution is -2.32. The molecule has 0 aliphatic rings. The van der Waals surface area contributed by atoms with Gasteiger partial charge in [0.15, 0.2) is 10.3 Å². The fraction of sp³-hybridized carbons (Fsp3) is 0.400. The predicted octanol–water partition coefficient (Wildman–Crippen LogP) is -0.605. The van der Waals surface area contributed by atoms with Crippen LogP contribution in [-0.2, 0) is 7.05 Å². The lowest BCUT2D eigenvalue weighted by atomic mass is 11.0. The van der Waals surface area contributed by atoms with E-state index in [1.54, 1.807) is 7.05 Å². The molecule has 1 aromatic rings. The van der Waals surface area contributed by atoms with E-state index in [0.717, 1.165) is 4.68 Å². The van der Waals surface area contributed by atoms with E-state index in [2.05, 4.69) is 17.3 Å². The maximum atomic E-state index is 11.3. The second-order valence-electron chi connectivity index (χ2n) is 2.08. The Bertz CT molecular complexity index is 366. The quantitative estimate of drug-likeness (QED) is 0.488. The molecule has 0 aromatic carbocycles. The highest BCUT2D eigenvalue weighted by molar-refractivity contribution is 7.98. The van der Waals surface area contributed by atoms with Crippen LogP contribution in [0.4, 0.5) is 0 Å². The van der Waals surface area contributed by atoms with Gasteiger partial charge in [-0.15, -0.1) is 5.10 Å². The van der Waals surface area contributed by atoms with Gasteiger partial charge in [0.05, 0.1) is 0 Å². The third-order valence-electron chi connectivity index (χ3n) is 1.33. The van der Waals surface area contributed by atoms with E-state index < -0.39 is 0 Å². The van der Waals surface area contributed by atoms with Crippen LogP contribution in [0.25, 0.3) is 0 Å². The zero-order valence-corrected chi connectivity index (χ0v) is 8.28. The summed E-state index contributed by atoms with van der Waals surface area (Å²) in [5.41, 5.74) is 4.95. The molecule has 1 heterocycles. The Morgan fingerprint density at radius 1 is 1.75 bits per heavy atom. The Balaban J connectivity index is 3.35. The molecule has 66 valence electrons. The molecule has 0 fully saturated rings. The van der Waals surface area contributed by atoms with Crippen molar-refractivity contribution in [3.63, 3.8) is 0 Å². The van der Waals surface area contributed by atoms with Crippen LogP contribution in [-0.4, -0.2) is 25.7 Å². The third kappa shape index (κ3) is 1.37. The van der Waals surface area contributed by atoms with Gasteiger partial charge in [0.25, 0.3) is 0 Å². The highest BCUT2D eigenvalue weighted by Gasteiger charge is 2.09. The number of nitrogens with zero attached hydrogens (tertiary/aromatic N) is 3. The molecule has 0 aliphatic heterocycles. The van der Waals surface area contributed by atoms with Gasteiger partial charge in [-0.05, 0) is 18.5 Å². The summed E-state index contributed by atoms with van der Waals surface area (Å²) in [6, 6.07) is 0. The van der Waals surface area contributed by atoms with Crippen molar-refractivity contribution in [2.45, 2.75) is 5.16 Å². The van der Waals surface area contributed by atoms with Gasteiger partial charge >= 0.3 is 5.69 Å². The van der Waals surface area contributed by atoms with Crippen molar-refractivity contribution < 1.29 is 0 Å². The topological polar surface area (TPSA) is 65.8 Å². The van der Waals surface area contributed by atoms with Crippen LogP contribution >= 0.6 is 24.0 Å². The first kappa shape index (κ1) is 9.27. The van der Waals surface area contributed by atoms with Crippen LogP contribution in [0.5, 0.6) is 0 Å². The number of rotatable bonds is 1. The highest BCUT2D eigenvalue weighted by atomic mass is 32.2. The molecule has 0 unspecified atom stereocenters. The van der Waals surface area contributed by atoms with E-state index in [1.807, 2.05) is 6.26 Å². The second-order valence-corrected chi connectivity index (χ2v) is 3.27. The van der Waals surface area contributed by atoms with Gasteiger partial charge in [-0.25, -0.2) is 4.79 Å². The molecule has 1 aromatic heterocycles. The van der Waals surface area contributed by atoms with Crippen molar-refractivity contribution in [3.05, 3.63) is 10.5 Å². The van der Waals surface area contributed by atoms with E-state index in [1.165, 1.54) is 16.3 Å². The van der Waals surface area contributed by atoms with E-state index in [9.17, 15) is 4.79 Å². The average molecular weight is 204 g/mol. The Hall–Kier alpha value is -0.820. The monoisotopic (exact) mass is 204 g/mol. The molecule has 0 amide bonds. The molecule has 0 bridgehead atoms. The molecule has 5 nitrogen and oxygen atoms in total. The number of aromatic nitrogens is 3. The van der Waals surface area contributed by atoms with Gasteiger partial charge in [-0.1, -0.05) is 11.8 Å². The number of thiocarbonyl (C=S) groups is 1. The molecule has 7 heteroatoms. The first-order valence-corrected chi connectivity index (χ1v) is 4.71. The summed E-state index contributed by atoms with van der Waals surface area (Å²) in [6.45, 7) is 0. The molecule has 0 atom stereocenters. The van der Waals surface area contributed by atoms with E-state index in [-0.39, 0.29) is 10.8 Å². The number of nitrogens with two attached hydrogens (primary N) is 1. The average Bonchev–Trinajstić information content (AvgIpc) is 2.30. The van der Waals surface area contributed by atoms with Crippen LogP contribution in [0.15, 0.2) is 9.95 Å². The summed E-state index contributed by atoms with van der Waals surface area (Å²) < 4.78 is 2.39. The molecular formula is C5H8N4OS2. The predicted molar refractivity (Wildman–Crippen MR) is 51.4 cm³/mol. The molecular weight excluding hydrogens is 196 g/mol. The summed E-state index contributed by atoms with van der Waals surface area (Å²) in [7, 11) is 1.62. The summed E-state index contributed by atoms with van der Waals surface area (Å²) in [5, 5.41) is 4.45. The third-order valence-corrected chi connectivity index (χ3v) is 2.23. The minimum Gasteiger partial charge on any atom is -0.374 e. The fourth-order valence-corrected chi connectivity index (χ4v) is 1.37. The van der Waals surface area contributed by atoms with Crippen LogP contribution in [0.2, 0.25) is 0 Å². The van der Waals surface area contributed by atoms with Gasteiger partial charge < -0.3 is 5.73 Å². The van der Waals surface area contributed by atoms with Crippen LogP contribution in [0.1, 0.15) is 0 Å². The molecule has 0 spiro atoms. The summed E-state index contributed by atoms with van der Waals surface area (Å²) in [6.07, 6.45) is 1.83. The van der Waals surface area contributed by atoms with Crippen LogP contribution in [0.3, 0.4) is 0 Å². The maximum absolute atomic E-state index is 11.3. The van der Waals surface area contributed by atoms with Gasteiger partial charge in [0, 0.05) is 7.05 Å². The summed E-state index contributed by atoms with van der Waals surface area (Å²) in [5.74, 6) is 0. The molecule has 0 saturated carbocycles. The smallest absolute Gasteiger partial charge is 0.353 e. The van der Waals surface area contributed by atoms with E-state index >= 15 is 0 Å². The Kier molecular flexibility index (Phi) is 2.53. The van der Waals surface area contributed by atoms with Crippen molar-refractivity contribution in [2.24, 2.45) is 12.8 Å². The Morgan fingerprint density at radius 3 is 2.58 bits per heavy atom. The lowest BCUT2D eigenvalue weighted by molar-refractivity contribution is 0.767. The van der Waals surface area contributed by atoms with Gasteiger partial charge in [0.1, 0.15) is 0 Å². The zero-order chi connectivity index (χ0) is 9.30. The van der Waals surface area contributed by atoms with Gasteiger partial charge in [-0.2, -0.15) is 4.68 Å². The SMILES string of the molecule is CSc1nn(C(N)=S)c(=O)n1C. The van der Waals surface area contributed by atoms with Crippen molar-refractivity contribution in [2.75, 3.05) is 6.26 Å². The minimum absolute atomic E-state index is 0.0316. The highest BCUT2D eigenvalue weighted by Crippen LogP contribution is 2.06. The number of thioether (sulfide) groups is 1. The second kappa shape index (κ2) is 3.28. The Labute approximate surface area is 78.5 Å². The normalized spacial score (nSPS) is 10.2. The maximum Gasteiger partial charge on any atom is 0.353 e. The van der Waals surface area contributed by atoms with Gasteiger partial charge in [0.2, 0.25) is 0 Å². The standard InChI is InChI=1S/C5H8N4OS2/c1-8-4(12-2)7-9(3(6)11)5(8)10/h1-2H3,(H2,6,11). The number of hydrogen-bond donors (Lipinski definition) is 1. The molecule has 12 heavy (non-hydrogen) atoms. The fourth-order valence-electron chi connectivity index (χ4n) is 0.741. The number of hydrogen-bond acceptors (Lipinski definition) is 4. The largest absolute Gasteiger partial charge is 0.374 e. The van der Waals surface area contributed by atoms with Gasteiger partial charge in [-0.3, -0.25) is 4.57 Å². The molecule has 0 saturated heterocycles. The summed E-state index contributed by atoms with van der Waals surface area (Å²) >= 11 is 5.99. The summed E-state index contributed by atoms with van der Waals surface area (Å²) in [4.78, 5) is 11.3. The van der Waals surface area contributed by atoms with Crippen LogP contribution < -0.4 is 11.4 Å². The van der Waals surface area contributed by atoms with Crippen LogP contribution in [0, 0.1) is 0 Å². The molecule has 0 radical (unpaired) electrons. The van der Waals surface area contributed by atoms with E-state index in [0.29, 0.717) is 5.16 Å².